The van der Waals surface area contributed by atoms with Crippen molar-refractivity contribution in [1.82, 2.24) is 24.9 Å². The third kappa shape index (κ3) is 3.18. The first kappa shape index (κ1) is 18.0. The van der Waals surface area contributed by atoms with Crippen LogP contribution in [0.3, 0.4) is 0 Å². The van der Waals surface area contributed by atoms with Crippen molar-refractivity contribution in [3.63, 3.8) is 0 Å². The summed E-state index contributed by atoms with van der Waals surface area (Å²) in [6, 6.07) is 5.06. The second-order valence-electron chi connectivity index (χ2n) is 6.54. The molecule has 4 N–H and O–H groups in total. The summed E-state index contributed by atoms with van der Waals surface area (Å²) in [6.07, 6.45) is 4.87. The zero-order valence-electron chi connectivity index (χ0n) is 15.5. The Morgan fingerprint density at radius 2 is 2.21 bits per heavy atom. The highest BCUT2D eigenvalue weighted by atomic mass is 16.5. The number of imidazole rings is 1. The Labute approximate surface area is 160 Å². The van der Waals surface area contributed by atoms with Gasteiger partial charge in [0, 0.05) is 26.4 Å². The highest BCUT2D eigenvalue weighted by Gasteiger charge is 2.33. The molecule has 0 radical (unpaired) electrons. The smallest absolute Gasteiger partial charge is 0.271 e. The fraction of sp³-hybridized carbons (Fsp3) is 0.333. The first-order valence-electron chi connectivity index (χ1n) is 8.95. The zero-order chi connectivity index (χ0) is 19.7. The average molecular weight is 383 g/mol. The maximum absolute atomic E-state index is 12.7. The van der Waals surface area contributed by atoms with E-state index in [4.69, 9.17) is 4.74 Å². The lowest BCUT2D eigenvalue weighted by Crippen LogP contribution is -2.51. The van der Waals surface area contributed by atoms with Crippen LogP contribution in [0.1, 0.15) is 23.3 Å². The maximum Gasteiger partial charge on any atom is 0.271 e. The van der Waals surface area contributed by atoms with Gasteiger partial charge >= 0.3 is 0 Å². The number of nitrogens with zero attached hydrogens (tertiary/aromatic N) is 3. The van der Waals surface area contributed by atoms with E-state index >= 15 is 0 Å². The van der Waals surface area contributed by atoms with E-state index in [1.165, 1.54) is 10.7 Å². The molecule has 3 heterocycles. The number of carbonyl (C=O) groups is 1. The number of nitrogens with one attached hydrogen (secondary N) is 4. The van der Waals surface area contributed by atoms with Crippen LogP contribution in [0.25, 0.3) is 5.65 Å². The van der Waals surface area contributed by atoms with Gasteiger partial charge in [0.2, 0.25) is 0 Å². The Balaban J connectivity index is 1.68. The Hall–Kier alpha value is -3.40. The zero-order valence-corrected chi connectivity index (χ0v) is 15.5. The highest BCUT2D eigenvalue weighted by Crippen LogP contribution is 2.24. The molecule has 0 aromatic carbocycles. The molecule has 2 atom stereocenters. The molecule has 10 nitrogen and oxygen atoms in total. The number of hydrogen-bond donors (Lipinski definition) is 4. The number of pyridine rings is 1. The van der Waals surface area contributed by atoms with Gasteiger partial charge in [0.25, 0.3) is 11.5 Å². The summed E-state index contributed by atoms with van der Waals surface area (Å²) < 4.78 is 6.79. The van der Waals surface area contributed by atoms with Crippen LogP contribution in [-0.2, 0) is 4.74 Å². The van der Waals surface area contributed by atoms with Crippen molar-refractivity contribution in [2.75, 3.05) is 24.8 Å². The van der Waals surface area contributed by atoms with Crippen molar-refractivity contribution in [3.8, 4) is 0 Å². The quantitative estimate of drug-likeness (QED) is 0.502. The molecule has 1 fully saturated rings. The fourth-order valence-electron chi connectivity index (χ4n) is 3.19. The van der Waals surface area contributed by atoms with Crippen LogP contribution in [0.5, 0.6) is 0 Å². The van der Waals surface area contributed by atoms with E-state index in [2.05, 4.69) is 31.0 Å². The number of ether oxygens (including phenoxy) is 1. The second-order valence-corrected chi connectivity index (χ2v) is 6.54. The molecule has 4 rings (SSSR count). The lowest BCUT2D eigenvalue weighted by molar-refractivity contribution is 0.00718. The van der Waals surface area contributed by atoms with Gasteiger partial charge in [-0.25, -0.2) is 9.50 Å². The number of aromatic amines is 1. The molecule has 1 amide bonds. The summed E-state index contributed by atoms with van der Waals surface area (Å²) in [7, 11) is 3.39. The van der Waals surface area contributed by atoms with Gasteiger partial charge < -0.3 is 25.7 Å². The van der Waals surface area contributed by atoms with Crippen molar-refractivity contribution < 1.29 is 9.53 Å². The lowest BCUT2D eigenvalue weighted by atomic mass is 9.89. The molecule has 146 valence electrons. The van der Waals surface area contributed by atoms with Crippen LogP contribution in [0.2, 0.25) is 0 Å². The summed E-state index contributed by atoms with van der Waals surface area (Å²) >= 11 is 0. The van der Waals surface area contributed by atoms with Gasteiger partial charge in [0.1, 0.15) is 5.69 Å². The van der Waals surface area contributed by atoms with Crippen molar-refractivity contribution in [2.45, 2.75) is 25.0 Å². The van der Waals surface area contributed by atoms with E-state index in [1.54, 1.807) is 38.6 Å². The van der Waals surface area contributed by atoms with Crippen LogP contribution >= 0.6 is 0 Å². The number of fused-ring (bicyclic) bond motifs is 1. The number of anilines is 3. The van der Waals surface area contributed by atoms with E-state index in [9.17, 15) is 9.59 Å². The number of H-pyrrole nitrogens is 1. The SMILES string of the molecule is CNc1cc(Nc2ccc[nH]c2=O)nn2c(C(=O)N[C@H]3CC[C@@H]3OC)cnc12. The van der Waals surface area contributed by atoms with E-state index in [-0.39, 0.29) is 23.6 Å². The van der Waals surface area contributed by atoms with Crippen LogP contribution in [0.4, 0.5) is 17.2 Å². The van der Waals surface area contributed by atoms with Gasteiger partial charge in [-0.05, 0) is 25.0 Å². The molecule has 1 aliphatic carbocycles. The van der Waals surface area contributed by atoms with Crippen molar-refractivity contribution >= 4 is 28.7 Å². The summed E-state index contributed by atoms with van der Waals surface area (Å²) in [5, 5.41) is 13.4. The molecular weight excluding hydrogens is 362 g/mol. The van der Waals surface area contributed by atoms with Gasteiger partial charge in [-0.15, -0.1) is 5.10 Å². The van der Waals surface area contributed by atoms with Gasteiger partial charge in [-0.1, -0.05) is 0 Å². The third-order valence-corrected chi connectivity index (χ3v) is 4.88. The van der Waals surface area contributed by atoms with Crippen molar-refractivity contribution in [1.29, 1.82) is 0 Å². The Morgan fingerprint density at radius 3 is 2.89 bits per heavy atom. The molecule has 10 heteroatoms. The summed E-state index contributed by atoms with van der Waals surface area (Å²) in [5.74, 6) is 0.127. The first-order chi connectivity index (χ1) is 13.6. The van der Waals surface area contributed by atoms with Crippen molar-refractivity contribution in [3.05, 3.63) is 46.6 Å². The number of rotatable bonds is 6. The van der Waals surface area contributed by atoms with Gasteiger partial charge in [0.15, 0.2) is 17.2 Å². The molecule has 0 aliphatic heterocycles. The minimum Gasteiger partial charge on any atom is -0.385 e. The Kier molecular flexibility index (Phi) is 4.70. The molecule has 0 bridgehead atoms. The molecule has 3 aromatic heterocycles. The Bertz CT molecular complexity index is 1070. The van der Waals surface area contributed by atoms with Crippen LogP contribution in [0.15, 0.2) is 35.4 Å². The topological polar surface area (TPSA) is 125 Å². The van der Waals surface area contributed by atoms with Gasteiger partial charge in [-0.3, -0.25) is 9.59 Å². The van der Waals surface area contributed by atoms with Gasteiger partial charge in [0.05, 0.1) is 24.0 Å². The molecule has 28 heavy (non-hydrogen) atoms. The molecule has 3 aromatic rings. The van der Waals surface area contributed by atoms with E-state index < -0.39 is 0 Å². The summed E-state index contributed by atoms with van der Waals surface area (Å²) in [6.45, 7) is 0. The highest BCUT2D eigenvalue weighted by molar-refractivity contribution is 5.94. The number of amides is 1. The average Bonchev–Trinajstić information content (AvgIpc) is 3.10. The molecule has 1 saturated carbocycles. The number of methoxy groups -OCH3 is 1. The molecular formula is C18H21N7O3. The summed E-state index contributed by atoms with van der Waals surface area (Å²) in [5.41, 5.74) is 1.56. The second kappa shape index (κ2) is 7.31. The van der Waals surface area contributed by atoms with Gasteiger partial charge in [-0.2, -0.15) is 0 Å². The number of aromatic nitrogens is 4. The largest absolute Gasteiger partial charge is 0.385 e. The number of carbonyl (C=O) groups excluding carboxylic acids is 1. The van der Waals surface area contributed by atoms with E-state index in [0.717, 1.165) is 12.8 Å². The maximum atomic E-state index is 12.7. The molecule has 1 aliphatic rings. The van der Waals surface area contributed by atoms with Crippen LogP contribution < -0.4 is 21.5 Å². The normalized spacial score (nSPS) is 18.5. The standard InChI is InChI=1S/C18H21N7O3/c1-19-12-8-15(22-11-4-3-7-20-17(11)26)24-25-13(9-21-16(12)25)18(27)23-10-5-6-14(10)28-2/h3-4,7-10,14,19H,5-6H2,1-2H3,(H,20,26)(H,22,24)(H,23,27)/t10-,14-/m0/s1. The van der Waals surface area contributed by atoms with Crippen LogP contribution in [0, 0.1) is 0 Å². The van der Waals surface area contributed by atoms with Crippen LogP contribution in [-0.4, -0.2) is 51.8 Å². The minimum absolute atomic E-state index is 0.0176. The predicted octanol–water partition coefficient (Wildman–Crippen LogP) is 1.11. The molecule has 0 unspecified atom stereocenters. The van der Waals surface area contributed by atoms with E-state index in [0.29, 0.717) is 28.5 Å². The minimum atomic E-state index is -0.275. The number of hydrogen-bond acceptors (Lipinski definition) is 7. The monoisotopic (exact) mass is 383 g/mol. The fourth-order valence-corrected chi connectivity index (χ4v) is 3.19. The Morgan fingerprint density at radius 1 is 1.36 bits per heavy atom. The molecule has 0 spiro atoms. The lowest BCUT2D eigenvalue weighted by Gasteiger charge is -2.35. The third-order valence-electron chi connectivity index (χ3n) is 4.88. The van der Waals surface area contributed by atoms with Crippen molar-refractivity contribution in [2.24, 2.45) is 0 Å². The molecule has 0 saturated heterocycles. The summed E-state index contributed by atoms with van der Waals surface area (Å²) in [4.78, 5) is 31.6. The first-order valence-corrected chi connectivity index (χ1v) is 8.95. The predicted molar refractivity (Wildman–Crippen MR) is 104 cm³/mol. The van der Waals surface area contributed by atoms with E-state index in [1.807, 2.05) is 0 Å².